The van der Waals surface area contributed by atoms with Gasteiger partial charge in [-0.15, -0.1) is 0 Å². The number of aromatic nitrogens is 1. The van der Waals surface area contributed by atoms with Gasteiger partial charge in [-0.2, -0.15) is 0 Å². The molecule has 0 spiro atoms. The number of carbonyl (C=O) groups is 1. The minimum atomic E-state index is -3.39. The summed E-state index contributed by atoms with van der Waals surface area (Å²) in [7, 11) is -3.39. The number of nitrogens with zero attached hydrogens (tertiary/aromatic N) is 2. The molecule has 8 heteroatoms. The maximum Gasteiger partial charge on any atom is 0.232 e. The second-order valence-electron chi connectivity index (χ2n) is 6.74. The van der Waals surface area contributed by atoms with Gasteiger partial charge in [0, 0.05) is 25.3 Å². The average molecular weight is 369 g/mol. The topological polar surface area (TPSA) is 91.4 Å². The highest BCUT2D eigenvalue weighted by Crippen LogP contribution is 2.28. The molecule has 0 saturated carbocycles. The molecule has 1 unspecified atom stereocenters. The van der Waals surface area contributed by atoms with Crippen LogP contribution in [-0.4, -0.2) is 44.2 Å². The first kappa shape index (κ1) is 19.5. The van der Waals surface area contributed by atoms with Gasteiger partial charge in [-0.1, -0.05) is 6.92 Å². The molecule has 1 fully saturated rings. The van der Waals surface area contributed by atoms with E-state index in [1.54, 1.807) is 18.3 Å². The lowest BCUT2D eigenvalue weighted by atomic mass is 9.96. The highest BCUT2D eigenvalue weighted by atomic mass is 32.2. The minimum Gasteiger partial charge on any atom is -0.354 e. The van der Waals surface area contributed by atoms with Gasteiger partial charge in [-0.3, -0.25) is 9.52 Å². The van der Waals surface area contributed by atoms with E-state index in [1.807, 2.05) is 25.7 Å². The monoisotopic (exact) mass is 368 g/mol. The largest absolute Gasteiger partial charge is 0.354 e. The summed E-state index contributed by atoms with van der Waals surface area (Å²) >= 11 is 0. The van der Waals surface area contributed by atoms with Crippen LogP contribution in [-0.2, 0) is 14.8 Å². The maximum atomic E-state index is 12.3. The molecule has 2 heterocycles. The molecule has 1 atom stereocenters. The second kappa shape index (κ2) is 8.51. The fraction of sp³-hybridized carbons (Fsp3) is 0.647. The van der Waals surface area contributed by atoms with Gasteiger partial charge in [0.25, 0.3) is 0 Å². The Morgan fingerprint density at radius 2 is 2.20 bits per heavy atom. The lowest BCUT2D eigenvalue weighted by Crippen LogP contribution is -2.45. The van der Waals surface area contributed by atoms with Gasteiger partial charge in [0.05, 0.1) is 17.4 Å². The van der Waals surface area contributed by atoms with Crippen molar-refractivity contribution in [2.24, 2.45) is 5.92 Å². The number of hydrogen-bond donors (Lipinski definition) is 2. The Kier molecular flexibility index (Phi) is 6.64. The number of anilines is 2. The summed E-state index contributed by atoms with van der Waals surface area (Å²) in [6.45, 7) is 7.00. The Bertz CT molecular complexity index is 691. The maximum absolute atomic E-state index is 12.3. The van der Waals surface area contributed by atoms with Gasteiger partial charge in [0.15, 0.2) is 5.82 Å². The van der Waals surface area contributed by atoms with Crippen molar-refractivity contribution in [1.29, 1.82) is 0 Å². The molecule has 1 saturated heterocycles. The van der Waals surface area contributed by atoms with Gasteiger partial charge in [0.1, 0.15) is 0 Å². The number of nitrogens with one attached hydrogen (secondary N) is 2. The summed E-state index contributed by atoms with van der Waals surface area (Å²) in [6.07, 6.45) is 3.89. The highest BCUT2D eigenvalue weighted by Gasteiger charge is 2.28. The standard InChI is InChI=1S/C17H28N4O3S/c1-4-11-25(23,24)20-15-8-5-9-18-16(15)21-10-6-7-14(12-21)17(22)19-13(2)3/h5,8-9,13-14,20H,4,6-7,10-12H2,1-3H3,(H,19,22). The van der Waals surface area contributed by atoms with E-state index in [4.69, 9.17) is 0 Å². The fourth-order valence-electron chi connectivity index (χ4n) is 3.00. The zero-order valence-corrected chi connectivity index (χ0v) is 16.0. The molecular formula is C17H28N4O3S. The van der Waals surface area contributed by atoms with Crippen LogP contribution < -0.4 is 14.9 Å². The van der Waals surface area contributed by atoms with E-state index in [1.165, 1.54) is 0 Å². The van der Waals surface area contributed by atoms with Crippen molar-refractivity contribution in [2.45, 2.75) is 46.1 Å². The number of pyridine rings is 1. The van der Waals surface area contributed by atoms with E-state index in [-0.39, 0.29) is 23.6 Å². The number of sulfonamides is 1. The Morgan fingerprint density at radius 3 is 2.88 bits per heavy atom. The summed E-state index contributed by atoms with van der Waals surface area (Å²) in [5.74, 6) is 0.590. The molecule has 2 N–H and O–H groups in total. The molecule has 25 heavy (non-hydrogen) atoms. The van der Waals surface area contributed by atoms with Gasteiger partial charge >= 0.3 is 0 Å². The number of carbonyl (C=O) groups excluding carboxylic acids is 1. The van der Waals surface area contributed by atoms with Crippen LogP contribution in [0.2, 0.25) is 0 Å². The Balaban J connectivity index is 2.16. The van der Waals surface area contributed by atoms with Gasteiger partial charge < -0.3 is 10.2 Å². The van der Waals surface area contributed by atoms with Gasteiger partial charge in [-0.25, -0.2) is 13.4 Å². The van der Waals surface area contributed by atoms with Crippen molar-refractivity contribution >= 4 is 27.4 Å². The summed E-state index contributed by atoms with van der Waals surface area (Å²) in [6, 6.07) is 3.53. The summed E-state index contributed by atoms with van der Waals surface area (Å²) in [5.41, 5.74) is 0.473. The van der Waals surface area contributed by atoms with Crippen LogP contribution in [0.4, 0.5) is 11.5 Å². The van der Waals surface area contributed by atoms with E-state index >= 15 is 0 Å². The molecule has 1 amide bonds. The highest BCUT2D eigenvalue weighted by molar-refractivity contribution is 7.92. The molecule has 1 aromatic rings. The number of rotatable bonds is 7. The third-order valence-corrected chi connectivity index (χ3v) is 5.52. The van der Waals surface area contributed by atoms with E-state index < -0.39 is 10.0 Å². The predicted molar refractivity (Wildman–Crippen MR) is 100 cm³/mol. The lowest BCUT2D eigenvalue weighted by Gasteiger charge is -2.34. The molecule has 0 aromatic carbocycles. The number of hydrogen-bond acceptors (Lipinski definition) is 5. The molecule has 7 nitrogen and oxygen atoms in total. The number of amides is 1. The van der Waals surface area contributed by atoms with E-state index in [2.05, 4.69) is 15.0 Å². The van der Waals surface area contributed by atoms with E-state index in [0.717, 1.165) is 19.4 Å². The third kappa shape index (κ3) is 5.59. The molecule has 140 valence electrons. The van der Waals surface area contributed by atoms with Crippen molar-refractivity contribution < 1.29 is 13.2 Å². The molecular weight excluding hydrogens is 340 g/mol. The van der Waals surface area contributed by atoms with Gasteiger partial charge in [-0.05, 0) is 45.2 Å². The van der Waals surface area contributed by atoms with Gasteiger partial charge in [0.2, 0.25) is 15.9 Å². The Morgan fingerprint density at radius 1 is 1.44 bits per heavy atom. The second-order valence-corrected chi connectivity index (χ2v) is 8.59. The van der Waals surface area contributed by atoms with Crippen LogP contribution in [0, 0.1) is 5.92 Å². The molecule has 1 aromatic heterocycles. The normalized spacial score (nSPS) is 18.2. The molecule has 0 aliphatic carbocycles. The summed E-state index contributed by atoms with van der Waals surface area (Å²) in [5, 5.41) is 2.96. The van der Waals surface area contributed by atoms with Crippen molar-refractivity contribution in [3.8, 4) is 0 Å². The molecule has 1 aliphatic heterocycles. The van der Waals surface area contributed by atoms with Crippen LogP contribution in [0.1, 0.15) is 40.0 Å². The lowest BCUT2D eigenvalue weighted by molar-refractivity contribution is -0.125. The minimum absolute atomic E-state index is 0.0451. The average Bonchev–Trinajstić information content (AvgIpc) is 2.54. The Hall–Kier alpha value is -1.83. The Labute approximate surface area is 150 Å². The third-order valence-electron chi connectivity index (χ3n) is 4.05. The van der Waals surface area contributed by atoms with Crippen LogP contribution in [0.15, 0.2) is 18.3 Å². The zero-order chi connectivity index (χ0) is 18.4. The smallest absolute Gasteiger partial charge is 0.232 e. The molecule has 2 rings (SSSR count). The summed E-state index contributed by atoms with van der Waals surface area (Å²) in [4.78, 5) is 18.7. The van der Waals surface area contributed by atoms with Crippen molar-refractivity contribution in [2.75, 3.05) is 28.5 Å². The predicted octanol–water partition coefficient (Wildman–Crippen LogP) is 1.97. The van der Waals surface area contributed by atoms with Crippen LogP contribution in [0.5, 0.6) is 0 Å². The van der Waals surface area contributed by atoms with Crippen LogP contribution in [0.25, 0.3) is 0 Å². The fourth-order valence-corrected chi connectivity index (χ4v) is 4.14. The van der Waals surface area contributed by atoms with Crippen molar-refractivity contribution in [3.05, 3.63) is 18.3 Å². The van der Waals surface area contributed by atoms with Crippen LogP contribution in [0.3, 0.4) is 0 Å². The number of piperidine rings is 1. The first-order valence-corrected chi connectivity index (χ1v) is 10.5. The van der Waals surface area contributed by atoms with Crippen LogP contribution >= 0.6 is 0 Å². The molecule has 0 bridgehead atoms. The van der Waals surface area contributed by atoms with Crippen molar-refractivity contribution in [3.63, 3.8) is 0 Å². The SMILES string of the molecule is CCCS(=O)(=O)Nc1cccnc1N1CCCC(C(=O)NC(C)C)C1. The van der Waals surface area contributed by atoms with E-state index in [0.29, 0.717) is 24.5 Å². The quantitative estimate of drug-likeness (QED) is 0.768. The zero-order valence-electron chi connectivity index (χ0n) is 15.2. The van der Waals surface area contributed by atoms with Crippen molar-refractivity contribution in [1.82, 2.24) is 10.3 Å². The molecule has 0 radical (unpaired) electrons. The summed E-state index contributed by atoms with van der Waals surface area (Å²) < 4.78 is 26.8. The first-order valence-electron chi connectivity index (χ1n) is 8.83. The molecule has 1 aliphatic rings. The van der Waals surface area contributed by atoms with E-state index in [9.17, 15) is 13.2 Å². The first-order chi connectivity index (χ1) is 11.8.